The van der Waals surface area contributed by atoms with Gasteiger partial charge < -0.3 is 14.6 Å². The van der Waals surface area contributed by atoms with E-state index >= 15 is 0 Å². The predicted molar refractivity (Wildman–Crippen MR) is 58.9 cm³/mol. The number of rotatable bonds is 5. The summed E-state index contributed by atoms with van der Waals surface area (Å²) in [6, 6.07) is 8.79. The summed E-state index contributed by atoms with van der Waals surface area (Å²) in [5, 5.41) is 8.48. The second-order valence-electron chi connectivity index (χ2n) is 3.10. The van der Waals surface area contributed by atoms with E-state index in [4.69, 9.17) is 14.6 Å². The Kier molecular flexibility index (Phi) is 5.08. The van der Waals surface area contributed by atoms with Gasteiger partial charge in [0.15, 0.2) is 0 Å². The summed E-state index contributed by atoms with van der Waals surface area (Å²) in [6.45, 7) is 1.66. The Labute approximate surface area is 94.1 Å². The standard InChI is InChI=1S/C12H14O4/c1-10(9-15-8-7-13)12(14)16-11-5-3-2-4-6-11/h2-6,9,13H,7-8H2,1H3. The number of ether oxygens (including phenoxy) is 2. The average molecular weight is 222 g/mol. The van der Waals surface area contributed by atoms with Crippen LogP contribution in [0.3, 0.4) is 0 Å². The summed E-state index contributed by atoms with van der Waals surface area (Å²) in [5.41, 5.74) is 0.345. The molecule has 4 heteroatoms. The summed E-state index contributed by atoms with van der Waals surface area (Å²) in [4.78, 5) is 11.5. The fraction of sp³-hybridized carbons (Fsp3) is 0.250. The largest absolute Gasteiger partial charge is 0.498 e. The molecule has 0 saturated heterocycles. The van der Waals surface area contributed by atoms with Gasteiger partial charge in [-0.1, -0.05) is 18.2 Å². The summed E-state index contributed by atoms with van der Waals surface area (Å²) in [6.07, 6.45) is 1.28. The van der Waals surface area contributed by atoms with Crippen molar-refractivity contribution >= 4 is 5.97 Å². The Morgan fingerprint density at radius 1 is 1.38 bits per heavy atom. The number of para-hydroxylation sites is 1. The molecule has 0 heterocycles. The molecule has 0 radical (unpaired) electrons. The lowest BCUT2D eigenvalue weighted by Gasteiger charge is -2.04. The molecule has 0 saturated carbocycles. The Bertz CT molecular complexity index is 357. The molecule has 0 fully saturated rings. The maximum atomic E-state index is 11.5. The molecule has 1 rings (SSSR count). The maximum absolute atomic E-state index is 11.5. The Morgan fingerprint density at radius 3 is 2.69 bits per heavy atom. The van der Waals surface area contributed by atoms with Crippen LogP contribution in [-0.4, -0.2) is 24.3 Å². The lowest BCUT2D eigenvalue weighted by atomic mass is 10.3. The van der Waals surface area contributed by atoms with E-state index in [-0.39, 0.29) is 13.2 Å². The van der Waals surface area contributed by atoms with E-state index in [0.29, 0.717) is 11.3 Å². The molecule has 86 valence electrons. The summed E-state index contributed by atoms with van der Waals surface area (Å²) in [7, 11) is 0. The molecule has 16 heavy (non-hydrogen) atoms. The number of aliphatic hydroxyl groups excluding tert-OH is 1. The van der Waals surface area contributed by atoms with E-state index in [1.165, 1.54) is 6.26 Å². The molecule has 0 aromatic heterocycles. The van der Waals surface area contributed by atoms with Gasteiger partial charge in [-0.25, -0.2) is 4.79 Å². The van der Waals surface area contributed by atoms with Gasteiger partial charge in [0.1, 0.15) is 12.4 Å². The SMILES string of the molecule is CC(=COCCO)C(=O)Oc1ccccc1. The third-order valence-corrected chi connectivity index (χ3v) is 1.74. The Hall–Kier alpha value is -1.81. The lowest BCUT2D eigenvalue weighted by molar-refractivity contribution is -0.130. The third kappa shape index (κ3) is 4.14. The molecule has 0 spiro atoms. The fourth-order valence-corrected chi connectivity index (χ4v) is 0.961. The first kappa shape index (κ1) is 12.3. The summed E-state index contributed by atoms with van der Waals surface area (Å²) >= 11 is 0. The first-order valence-electron chi connectivity index (χ1n) is 4.90. The highest BCUT2D eigenvalue weighted by atomic mass is 16.5. The van der Waals surface area contributed by atoms with Crippen LogP contribution in [-0.2, 0) is 9.53 Å². The monoisotopic (exact) mass is 222 g/mol. The predicted octanol–water partition coefficient (Wildman–Crippen LogP) is 1.50. The quantitative estimate of drug-likeness (QED) is 0.270. The van der Waals surface area contributed by atoms with Gasteiger partial charge >= 0.3 is 5.97 Å². The molecule has 0 amide bonds. The Morgan fingerprint density at radius 2 is 2.06 bits per heavy atom. The number of hydrogen-bond donors (Lipinski definition) is 1. The van der Waals surface area contributed by atoms with Crippen LogP contribution in [0.5, 0.6) is 5.75 Å². The van der Waals surface area contributed by atoms with Crippen LogP contribution < -0.4 is 4.74 Å². The minimum atomic E-state index is -0.468. The first-order valence-corrected chi connectivity index (χ1v) is 4.90. The Balaban J connectivity index is 2.49. The minimum absolute atomic E-state index is 0.0858. The van der Waals surface area contributed by atoms with Gasteiger partial charge in [0.05, 0.1) is 18.4 Å². The van der Waals surface area contributed by atoms with Crippen molar-refractivity contribution < 1.29 is 19.4 Å². The smallest absolute Gasteiger partial charge is 0.342 e. The van der Waals surface area contributed by atoms with Gasteiger partial charge in [-0.3, -0.25) is 0 Å². The van der Waals surface area contributed by atoms with Crippen LogP contribution in [0.15, 0.2) is 42.2 Å². The third-order valence-electron chi connectivity index (χ3n) is 1.74. The molecular formula is C12H14O4. The van der Waals surface area contributed by atoms with Gasteiger partial charge in [0.25, 0.3) is 0 Å². The number of hydrogen-bond acceptors (Lipinski definition) is 4. The van der Waals surface area contributed by atoms with Gasteiger partial charge in [-0.05, 0) is 19.1 Å². The fourth-order valence-electron chi connectivity index (χ4n) is 0.961. The van der Waals surface area contributed by atoms with Gasteiger partial charge in [0.2, 0.25) is 0 Å². The zero-order valence-corrected chi connectivity index (χ0v) is 9.05. The molecule has 4 nitrogen and oxygen atoms in total. The minimum Gasteiger partial charge on any atom is -0.498 e. The van der Waals surface area contributed by atoms with E-state index in [1.54, 1.807) is 31.2 Å². The van der Waals surface area contributed by atoms with E-state index in [0.717, 1.165) is 0 Å². The van der Waals surface area contributed by atoms with Crippen molar-refractivity contribution in [2.75, 3.05) is 13.2 Å². The molecular weight excluding hydrogens is 208 g/mol. The number of esters is 1. The summed E-state index contributed by atoms with van der Waals surface area (Å²) < 4.78 is 9.95. The second-order valence-corrected chi connectivity index (χ2v) is 3.10. The highest BCUT2D eigenvalue weighted by Crippen LogP contribution is 2.10. The molecule has 0 aliphatic carbocycles. The zero-order chi connectivity index (χ0) is 11.8. The van der Waals surface area contributed by atoms with E-state index in [1.807, 2.05) is 6.07 Å². The molecule has 1 aromatic rings. The van der Waals surface area contributed by atoms with E-state index in [2.05, 4.69) is 0 Å². The van der Waals surface area contributed by atoms with Crippen molar-refractivity contribution in [3.8, 4) is 5.75 Å². The van der Waals surface area contributed by atoms with Crippen molar-refractivity contribution in [2.24, 2.45) is 0 Å². The maximum Gasteiger partial charge on any atom is 0.342 e. The average Bonchev–Trinajstić information content (AvgIpc) is 2.30. The van der Waals surface area contributed by atoms with Gasteiger partial charge in [-0.15, -0.1) is 0 Å². The van der Waals surface area contributed by atoms with Crippen molar-refractivity contribution in [1.29, 1.82) is 0 Å². The first-order chi connectivity index (χ1) is 7.74. The van der Waals surface area contributed by atoms with Crippen molar-refractivity contribution in [3.63, 3.8) is 0 Å². The zero-order valence-electron chi connectivity index (χ0n) is 9.05. The van der Waals surface area contributed by atoms with Crippen molar-refractivity contribution in [1.82, 2.24) is 0 Å². The summed E-state index contributed by atoms with van der Waals surface area (Å²) in [5.74, 6) is 0.0200. The second kappa shape index (κ2) is 6.63. The van der Waals surface area contributed by atoms with E-state index in [9.17, 15) is 4.79 Å². The van der Waals surface area contributed by atoms with E-state index < -0.39 is 5.97 Å². The number of benzene rings is 1. The normalized spacial score (nSPS) is 11.0. The van der Waals surface area contributed by atoms with Crippen LogP contribution in [0.4, 0.5) is 0 Å². The molecule has 0 aliphatic rings. The molecule has 0 atom stereocenters. The van der Waals surface area contributed by atoms with Crippen LogP contribution in [0.2, 0.25) is 0 Å². The van der Waals surface area contributed by atoms with Crippen LogP contribution in [0.25, 0.3) is 0 Å². The molecule has 0 aliphatic heterocycles. The number of carbonyl (C=O) groups is 1. The lowest BCUT2D eigenvalue weighted by Crippen LogP contribution is -2.09. The number of carbonyl (C=O) groups excluding carboxylic acids is 1. The molecule has 1 N–H and O–H groups in total. The topological polar surface area (TPSA) is 55.8 Å². The molecule has 1 aromatic carbocycles. The van der Waals surface area contributed by atoms with Crippen LogP contribution in [0, 0.1) is 0 Å². The highest BCUT2D eigenvalue weighted by molar-refractivity contribution is 5.89. The number of aliphatic hydroxyl groups is 1. The van der Waals surface area contributed by atoms with Crippen molar-refractivity contribution in [3.05, 3.63) is 42.2 Å². The molecule has 0 unspecified atom stereocenters. The molecule has 0 bridgehead atoms. The van der Waals surface area contributed by atoms with Crippen LogP contribution >= 0.6 is 0 Å². The van der Waals surface area contributed by atoms with Gasteiger partial charge in [-0.2, -0.15) is 0 Å². The van der Waals surface area contributed by atoms with Gasteiger partial charge in [0, 0.05) is 0 Å². The van der Waals surface area contributed by atoms with Crippen molar-refractivity contribution in [2.45, 2.75) is 6.92 Å². The van der Waals surface area contributed by atoms with Crippen LogP contribution in [0.1, 0.15) is 6.92 Å². The highest BCUT2D eigenvalue weighted by Gasteiger charge is 2.07.